The molecule has 2 aliphatic heterocycles. The van der Waals surface area contributed by atoms with Crippen molar-refractivity contribution in [3.63, 3.8) is 0 Å². The number of para-hydroxylation sites is 2. The maximum Gasteiger partial charge on any atom is 0.430 e. The lowest BCUT2D eigenvalue weighted by molar-refractivity contribution is -0.677. The van der Waals surface area contributed by atoms with Crippen molar-refractivity contribution in [3.8, 4) is 0 Å². The first-order chi connectivity index (χ1) is 22.2. The highest BCUT2D eigenvalue weighted by Gasteiger charge is 2.29. The zero-order chi connectivity index (χ0) is 34.6. The van der Waals surface area contributed by atoms with Crippen molar-refractivity contribution in [2.45, 2.75) is 64.5 Å². The number of carboxylic acid groups (broad SMARTS) is 2. The summed E-state index contributed by atoms with van der Waals surface area (Å²) in [5.74, 6) is -5.36. The van der Waals surface area contributed by atoms with Crippen LogP contribution in [0.15, 0.2) is 73.1 Å². The molecule has 4 heterocycles. The molecule has 0 saturated carbocycles. The van der Waals surface area contributed by atoms with E-state index in [-0.39, 0.29) is 0 Å². The zero-order valence-electron chi connectivity index (χ0n) is 25.7. The lowest BCUT2D eigenvalue weighted by Crippen LogP contribution is -2.37. The number of rotatable bonds is 0. The van der Waals surface area contributed by atoms with E-state index in [1.165, 1.54) is 65.3 Å². The van der Waals surface area contributed by atoms with E-state index in [0.717, 1.165) is 26.2 Å². The van der Waals surface area contributed by atoms with Crippen LogP contribution in [0.5, 0.6) is 0 Å². The predicted molar refractivity (Wildman–Crippen MR) is 160 cm³/mol. The average molecular weight is 667 g/mol. The Kier molecular flexibility index (Phi) is 13.2. The maximum atomic E-state index is 10.5. The molecule has 47 heavy (non-hydrogen) atoms. The summed E-state index contributed by atoms with van der Waals surface area (Å²) in [6.45, 7) is 6.52. The molecule has 0 saturated heterocycles. The Morgan fingerprint density at radius 2 is 1.02 bits per heavy atom. The predicted octanol–water partition coefficient (Wildman–Crippen LogP) is 4.29. The number of alkyl halides is 6. The number of fused-ring (bicyclic) bond motifs is 12. The molecule has 2 aromatic heterocycles. The van der Waals surface area contributed by atoms with Gasteiger partial charge >= 0.3 is 12.4 Å². The fourth-order valence-electron chi connectivity index (χ4n) is 5.01. The van der Waals surface area contributed by atoms with Gasteiger partial charge in [-0.1, -0.05) is 31.2 Å². The van der Waals surface area contributed by atoms with Gasteiger partial charge in [-0.2, -0.15) is 35.5 Å². The Bertz CT molecular complexity index is 1530. The first kappa shape index (κ1) is 36.8. The largest absolute Gasteiger partial charge is 0.542 e. The maximum absolute atomic E-state index is 10.5. The van der Waals surface area contributed by atoms with Gasteiger partial charge in [0.25, 0.3) is 0 Å². The van der Waals surface area contributed by atoms with Gasteiger partial charge in [0.2, 0.25) is 11.0 Å². The van der Waals surface area contributed by atoms with Crippen LogP contribution in [-0.2, 0) is 22.7 Å². The van der Waals surface area contributed by atoms with Gasteiger partial charge in [0.1, 0.15) is 25.0 Å². The van der Waals surface area contributed by atoms with Crippen LogP contribution >= 0.6 is 0 Å². The van der Waals surface area contributed by atoms with Crippen molar-refractivity contribution in [3.05, 3.63) is 73.1 Å². The molecule has 254 valence electrons. The third kappa shape index (κ3) is 11.3. The molecule has 4 aromatic rings. The van der Waals surface area contributed by atoms with E-state index in [1.807, 2.05) is 0 Å². The number of aromatic nitrogens is 2. The number of carbonyl (C=O) groups excluding carboxylic acids is 2. The molecule has 14 heteroatoms. The van der Waals surface area contributed by atoms with Gasteiger partial charge in [-0.15, -0.1) is 0 Å². The van der Waals surface area contributed by atoms with Gasteiger partial charge in [-0.25, -0.2) is 0 Å². The highest BCUT2D eigenvalue weighted by Crippen LogP contribution is 2.23. The number of aliphatic carboxylic acids is 2. The van der Waals surface area contributed by atoms with Crippen molar-refractivity contribution in [2.75, 3.05) is 23.7 Å². The lowest BCUT2D eigenvalue weighted by Gasteiger charge is -2.13. The third-order valence-corrected chi connectivity index (χ3v) is 7.52. The summed E-state index contributed by atoms with van der Waals surface area (Å²) >= 11 is 0. The lowest BCUT2D eigenvalue weighted by atomic mass is 10.0. The minimum absolute atomic E-state index is 0.656. The van der Waals surface area contributed by atoms with Crippen LogP contribution in [0.1, 0.15) is 39.0 Å². The van der Waals surface area contributed by atoms with E-state index in [0.29, 0.717) is 5.92 Å². The normalized spacial score (nSPS) is 15.0. The molecule has 8 nitrogen and oxygen atoms in total. The van der Waals surface area contributed by atoms with Crippen molar-refractivity contribution >= 4 is 45.1 Å². The number of benzene rings is 2. The minimum Gasteiger partial charge on any atom is -0.542 e. The van der Waals surface area contributed by atoms with E-state index in [4.69, 9.17) is 19.8 Å². The van der Waals surface area contributed by atoms with Crippen LogP contribution < -0.4 is 30.0 Å². The number of nitrogens with zero attached hydrogens (tertiary/aromatic N) is 2. The molecule has 2 aliphatic rings. The van der Waals surface area contributed by atoms with Gasteiger partial charge in [0.15, 0.2) is 12.4 Å². The van der Waals surface area contributed by atoms with Crippen LogP contribution in [0, 0.1) is 5.92 Å². The summed E-state index contributed by atoms with van der Waals surface area (Å²) in [5.41, 5.74) is 5.16. The van der Waals surface area contributed by atoms with Gasteiger partial charge in [-0.3, -0.25) is 0 Å². The second kappa shape index (κ2) is 16.8. The second-order valence-electron chi connectivity index (χ2n) is 11.0. The molecule has 0 aliphatic carbocycles. The van der Waals surface area contributed by atoms with Gasteiger partial charge in [-0.05, 0) is 37.3 Å². The van der Waals surface area contributed by atoms with E-state index in [9.17, 15) is 26.3 Å². The molecule has 2 aromatic carbocycles. The summed E-state index contributed by atoms with van der Waals surface area (Å²) in [4.78, 5) is 17.6. The SMILES string of the molecule is CC1CC[n+]2ccc(c3ccccc32)NCCCCCNc2cc[n+](c3ccccc23)CC1.O=C([O-])C(F)(F)F.O=C([O-])C(F)(F)F. The van der Waals surface area contributed by atoms with E-state index in [2.05, 4.69) is 99.7 Å². The summed E-state index contributed by atoms with van der Waals surface area (Å²) in [7, 11) is 0. The summed E-state index contributed by atoms with van der Waals surface area (Å²) in [5, 5.41) is 27.6. The quantitative estimate of drug-likeness (QED) is 0.214. The minimum atomic E-state index is -5.19. The molecule has 0 amide bonds. The van der Waals surface area contributed by atoms with Crippen molar-refractivity contribution in [1.82, 2.24) is 0 Å². The Morgan fingerprint density at radius 1 is 0.660 bits per heavy atom. The molecule has 0 fully saturated rings. The molecule has 0 atom stereocenters. The zero-order valence-corrected chi connectivity index (χ0v) is 25.7. The number of carboxylic acids is 2. The molecule has 0 radical (unpaired) electrons. The summed E-state index contributed by atoms with van der Waals surface area (Å²) in [6, 6.07) is 22.1. The molecule has 4 bridgehead atoms. The number of hydrogen-bond acceptors (Lipinski definition) is 6. The molecular formula is C33H36F6N4O4. The fourth-order valence-corrected chi connectivity index (χ4v) is 5.01. The number of aryl methyl sites for hydroxylation is 2. The molecule has 2 N–H and O–H groups in total. The first-order valence-corrected chi connectivity index (χ1v) is 15.0. The van der Waals surface area contributed by atoms with Crippen LogP contribution in [0.2, 0.25) is 0 Å². The standard InChI is InChI=1S/C29H34N4.2C2HF3O2/c1-23-13-19-32-21-15-26(24-9-3-5-11-28(24)32)30-17-7-2-8-18-31-27-16-22-33(20-14-23)29-12-6-4-10-25(27)29;2*3-2(4,5)1(6)7/h3-6,9-12,15-16,21-23H,2,7-8,13-14,17-20H2,1H3;2*(H,6,7). The average Bonchev–Trinajstić information content (AvgIpc) is 3.02. The summed E-state index contributed by atoms with van der Waals surface area (Å²) < 4.78 is 68.0. The van der Waals surface area contributed by atoms with Crippen LogP contribution in [0.3, 0.4) is 0 Å². The van der Waals surface area contributed by atoms with Crippen molar-refractivity contribution < 1.29 is 55.3 Å². The smallest absolute Gasteiger partial charge is 0.430 e. The highest BCUT2D eigenvalue weighted by atomic mass is 19.4. The second-order valence-corrected chi connectivity index (χ2v) is 11.0. The number of hydrogen-bond donors (Lipinski definition) is 2. The monoisotopic (exact) mass is 666 g/mol. The van der Waals surface area contributed by atoms with Crippen LogP contribution in [-0.4, -0.2) is 37.4 Å². The van der Waals surface area contributed by atoms with Crippen LogP contribution in [0.4, 0.5) is 37.7 Å². The van der Waals surface area contributed by atoms with E-state index in [1.54, 1.807) is 0 Å². The van der Waals surface area contributed by atoms with Gasteiger partial charge in [0, 0.05) is 50.2 Å². The number of carbonyl (C=O) groups is 2. The Morgan fingerprint density at radius 3 is 1.38 bits per heavy atom. The molecular weight excluding hydrogens is 630 g/mol. The van der Waals surface area contributed by atoms with E-state index >= 15 is 0 Å². The fraction of sp³-hybridized carbons (Fsp3) is 0.394. The molecule has 6 rings (SSSR count). The number of halogens is 6. The summed E-state index contributed by atoms with van der Waals surface area (Å²) in [6.07, 6.45) is 0.0731. The Labute approximate surface area is 267 Å². The molecule has 0 spiro atoms. The van der Waals surface area contributed by atoms with Crippen LogP contribution in [0.25, 0.3) is 21.8 Å². The Hall–Kier alpha value is -4.62. The first-order valence-electron chi connectivity index (χ1n) is 15.0. The number of pyridine rings is 2. The topological polar surface area (TPSA) is 112 Å². The van der Waals surface area contributed by atoms with Gasteiger partial charge in [0.05, 0.1) is 22.1 Å². The highest BCUT2D eigenvalue weighted by molar-refractivity contribution is 5.89. The van der Waals surface area contributed by atoms with E-state index < -0.39 is 24.3 Å². The Balaban J connectivity index is 0.000000360. The number of nitrogens with one attached hydrogen (secondary N) is 2. The van der Waals surface area contributed by atoms with Gasteiger partial charge < -0.3 is 30.4 Å². The number of anilines is 2. The third-order valence-electron chi connectivity index (χ3n) is 7.52. The van der Waals surface area contributed by atoms with Crippen molar-refractivity contribution in [2.24, 2.45) is 5.92 Å². The molecule has 0 unspecified atom stereocenters. The van der Waals surface area contributed by atoms with Crippen molar-refractivity contribution in [1.29, 1.82) is 0 Å².